The number of fused-ring (bicyclic) bond motifs is 12. The average molecular weight is 1520 g/mol. The monoisotopic (exact) mass is 1520 g/mol. The van der Waals surface area contributed by atoms with Gasteiger partial charge in [0.1, 0.15) is 0 Å². The number of nitrogens with zero attached hydrogens (tertiary/aromatic N) is 4. The first-order valence-electron chi connectivity index (χ1n) is 42.8. The van der Waals surface area contributed by atoms with E-state index in [0.717, 1.165) is 63.7 Å². The normalized spacial score (nSPS) is 15.8. The summed E-state index contributed by atoms with van der Waals surface area (Å²) in [7, 11) is 0. The van der Waals surface area contributed by atoms with Crippen molar-refractivity contribution in [3.63, 3.8) is 0 Å². The van der Waals surface area contributed by atoms with Crippen molar-refractivity contribution in [1.29, 1.82) is 0 Å². The fourth-order valence-electron chi connectivity index (χ4n) is 20.4. The van der Waals surface area contributed by atoms with Crippen LogP contribution in [0.2, 0.25) is 0 Å². The van der Waals surface area contributed by atoms with Gasteiger partial charge in [-0.2, -0.15) is 0 Å². The van der Waals surface area contributed by atoms with Crippen LogP contribution in [0.5, 0.6) is 0 Å². The lowest BCUT2D eigenvalue weighted by molar-refractivity contribution is 0.332. The molecular weight excluding hydrogens is 1410 g/mol. The van der Waals surface area contributed by atoms with E-state index in [1.165, 1.54) is 162 Å². The standard InChI is InChI=1S/C112H107BN4/c1-106(2,3)80-39-28-72(29-40-80)79-38-53-101-96(64-79)113-95-50-47-85(116-97-51-36-75(70-24-20-18-21-25-70)60-87(97)88-61-76(37-52-98(88)116)71-26-22-19-23-27-71)67-102(95)115(84-45-32-74(33-46-84)78-35-49-92-94(63-78)112(16,17)59-57-110(92,12)13)104-69-86(117-99-54-41-81(107(4,5)6)65-89(99)90-66-82(108(7,8)9)42-55-100(90)117)68-103(105(104)113)114(101)83-43-30-73(31-44-83)77-34-48-91-93(62-77)111(14,15)58-56-109(91,10)11/h18-55,60-69H,56-59H2,1-17H3. The van der Waals surface area contributed by atoms with Gasteiger partial charge < -0.3 is 18.9 Å². The molecule has 0 radical (unpaired) electrons. The van der Waals surface area contributed by atoms with Crippen LogP contribution < -0.4 is 26.2 Å². The number of hydrogen-bond donors (Lipinski definition) is 0. The van der Waals surface area contributed by atoms with Gasteiger partial charge in [-0.25, -0.2) is 0 Å². The molecule has 0 N–H and O–H groups in total. The maximum Gasteiger partial charge on any atom is 0.252 e. The molecule has 4 nitrogen and oxygen atoms in total. The number of hydrogen-bond acceptors (Lipinski definition) is 2. The smallest absolute Gasteiger partial charge is 0.252 e. The van der Waals surface area contributed by atoms with Crippen LogP contribution in [0, 0.1) is 0 Å². The molecule has 2 aliphatic heterocycles. The quantitative estimate of drug-likeness (QED) is 0.134. The highest BCUT2D eigenvalue weighted by atomic mass is 15.2. The van der Waals surface area contributed by atoms with Crippen LogP contribution in [-0.2, 0) is 37.9 Å². The summed E-state index contributed by atoms with van der Waals surface area (Å²) in [6.07, 6.45) is 4.68. The molecule has 0 saturated heterocycles. The second-order valence-corrected chi connectivity index (χ2v) is 40.3. The first kappa shape index (κ1) is 74.2. The lowest BCUT2D eigenvalue weighted by Gasteiger charge is -2.44. The molecule has 578 valence electrons. The molecule has 20 rings (SSSR count). The summed E-state index contributed by atoms with van der Waals surface area (Å²) < 4.78 is 5.15. The van der Waals surface area contributed by atoms with Crippen LogP contribution in [0.4, 0.5) is 34.1 Å². The van der Waals surface area contributed by atoms with E-state index in [-0.39, 0.29) is 44.6 Å². The minimum absolute atomic E-state index is 0.00271. The molecule has 117 heavy (non-hydrogen) atoms. The van der Waals surface area contributed by atoms with Crippen LogP contribution in [0.25, 0.3) is 111 Å². The predicted molar refractivity (Wildman–Crippen MR) is 503 cm³/mol. The summed E-state index contributed by atoms with van der Waals surface area (Å²) in [5.74, 6) is 0. The predicted octanol–water partition coefficient (Wildman–Crippen LogP) is 28.9. The van der Waals surface area contributed by atoms with Crippen molar-refractivity contribution < 1.29 is 0 Å². The summed E-state index contributed by atoms with van der Waals surface area (Å²) in [4.78, 5) is 5.30. The van der Waals surface area contributed by atoms with E-state index in [1.807, 2.05) is 0 Å². The molecule has 0 bridgehead atoms. The van der Waals surface area contributed by atoms with Gasteiger partial charge in [-0.3, -0.25) is 0 Å². The average Bonchev–Trinajstić information content (AvgIpc) is 1.43. The fourth-order valence-corrected chi connectivity index (χ4v) is 20.4. The van der Waals surface area contributed by atoms with Gasteiger partial charge in [-0.05, 0) is 278 Å². The van der Waals surface area contributed by atoms with Crippen LogP contribution in [0.15, 0.2) is 291 Å². The Bertz CT molecular complexity index is 6550. The molecule has 0 unspecified atom stereocenters. The van der Waals surface area contributed by atoms with Crippen molar-refractivity contribution >= 4 is 101 Å². The molecule has 0 fully saturated rings. The third-order valence-corrected chi connectivity index (χ3v) is 27.7. The van der Waals surface area contributed by atoms with E-state index < -0.39 is 0 Å². The molecule has 0 amide bonds. The number of aromatic nitrogens is 2. The van der Waals surface area contributed by atoms with Crippen molar-refractivity contribution in [3.05, 3.63) is 330 Å². The summed E-state index contributed by atoms with van der Waals surface area (Å²) >= 11 is 0. The van der Waals surface area contributed by atoms with Gasteiger partial charge in [-0.15, -0.1) is 0 Å². The van der Waals surface area contributed by atoms with Crippen LogP contribution in [0.1, 0.15) is 182 Å². The van der Waals surface area contributed by atoms with Gasteiger partial charge >= 0.3 is 0 Å². The molecule has 2 aliphatic carbocycles. The first-order valence-corrected chi connectivity index (χ1v) is 42.8. The lowest BCUT2D eigenvalue weighted by Crippen LogP contribution is -2.61. The summed E-state index contributed by atoms with van der Waals surface area (Å²) in [6.45, 7) is 40.3. The van der Waals surface area contributed by atoms with Crippen molar-refractivity contribution in [3.8, 4) is 67.0 Å². The van der Waals surface area contributed by atoms with E-state index in [4.69, 9.17) is 0 Å². The molecule has 4 heterocycles. The molecule has 4 aliphatic rings. The van der Waals surface area contributed by atoms with E-state index in [1.54, 1.807) is 0 Å². The second-order valence-electron chi connectivity index (χ2n) is 40.3. The molecule has 16 aromatic rings. The number of benzene rings is 14. The number of anilines is 6. The molecule has 0 atom stereocenters. The zero-order valence-electron chi connectivity index (χ0n) is 71.4. The van der Waals surface area contributed by atoms with Crippen LogP contribution >= 0.6 is 0 Å². The third kappa shape index (κ3) is 12.3. The van der Waals surface area contributed by atoms with Crippen LogP contribution in [-0.4, -0.2) is 15.8 Å². The van der Waals surface area contributed by atoms with Crippen molar-refractivity contribution in [2.75, 3.05) is 9.80 Å². The van der Waals surface area contributed by atoms with E-state index in [0.29, 0.717) is 0 Å². The van der Waals surface area contributed by atoms with Gasteiger partial charge in [0.25, 0.3) is 6.71 Å². The van der Waals surface area contributed by atoms with E-state index >= 15 is 0 Å². The lowest BCUT2D eigenvalue weighted by atomic mass is 9.33. The molecule has 5 heteroatoms. The zero-order valence-corrected chi connectivity index (χ0v) is 71.4. The highest BCUT2D eigenvalue weighted by Crippen LogP contribution is 2.53. The Balaban J connectivity index is 0.879. The maximum atomic E-state index is 2.67. The van der Waals surface area contributed by atoms with Gasteiger partial charge in [-0.1, -0.05) is 306 Å². The minimum Gasteiger partial charge on any atom is -0.311 e. The Morgan fingerprint density at radius 1 is 0.239 bits per heavy atom. The first-order chi connectivity index (χ1) is 55.8. The van der Waals surface area contributed by atoms with Gasteiger partial charge in [0, 0.05) is 61.4 Å². The highest BCUT2D eigenvalue weighted by molar-refractivity contribution is 7.00. The van der Waals surface area contributed by atoms with Crippen molar-refractivity contribution in [1.82, 2.24) is 9.13 Å². The minimum atomic E-state index is -0.212. The zero-order chi connectivity index (χ0) is 80.9. The number of rotatable bonds is 9. The molecule has 2 aromatic heterocycles. The highest BCUT2D eigenvalue weighted by Gasteiger charge is 2.46. The molecule has 14 aromatic carbocycles. The Labute approximate surface area is 693 Å². The van der Waals surface area contributed by atoms with E-state index in [2.05, 4.69) is 428 Å². The van der Waals surface area contributed by atoms with Crippen LogP contribution in [0.3, 0.4) is 0 Å². The topological polar surface area (TPSA) is 16.3 Å². The largest absolute Gasteiger partial charge is 0.311 e. The Hall–Kier alpha value is -11.7. The summed E-state index contributed by atoms with van der Waals surface area (Å²) in [5, 5.41) is 4.95. The maximum absolute atomic E-state index is 2.67. The van der Waals surface area contributed by atoms with Gasteiger partial charge in [0.2, 0.25) is 0 Å². The van der Waals surface area contributed by atoms with E-state index in [9.17, 15) is 0 Å². The summed E-state index contributed by atoms with van der Waals surface area (Å²) in [6, 6.07) is 114. The molecule has 0 saturated carbocycles. The summed E-state index contributed by atoms with van der Waals surface area (Å²) in [5.41, 5.74) is 39.6. The van der Waals surface area contributed by atoms with Gasteiger partial charge in [0.15, 0.2) is 0 Å². The molecule has 0 spiro atoms. The fraction of sp³-hybridized carbons (Fsp3) is 0.250. The van der Waals surface area contributed by atoms with Gasteiger partial charge in [0.05, 0.1) is 27.8 Å². The Morgan fingerprint density at radius 2 is 0.564 bits per heavy atom. The Morgan fingerprint density at radius 3 is 1.01 bits per heavy atom. The van der Waals surface area contributed by atoms with Crippen molar-refractivity contribution in [2.24, 2.45) is 0 Å². The van der Waals surface area contributed by atoms with Crippen molar-refractivity contribution in [2.45, 2.75) is 181 Å². The SMILES string of the molecule is CC(C)(C)c1ccc(-c2ccc3c(c2)B2c4ccc(-n5c6ccc(-c7ccccc7)cc6c6cc(-c7ccccc7)ccc65)cc4N(c4ccc(-c5ccc6c(c5)C(C)(C)CCC6(C)C)cc4)c4cc(-n5c6ccc(C(C)(C)C)cc6c6cc(C(C)(C)C)ccc65)cc(c42)N3c2ccc(-c3ccc4c(c3)C(C)(C)CCC4(C)C)cc2)cc1. The Kier molecular flexibility index (Phi) is 16.8. The molecular formula is C112H107BN4. The third-order valence-electron chi connectivity index (χ3n) is 27.7. The second kappa shape index (κ2) is 26.4.